The van der Waals surface area contributed by atoms with Crippen LogP contribution in [-0.2, 0) is 4.74 Å². The van der Waals surface area contributed by atoms with Gasteiger partial charge < -0.3 is 10.1 Å². The van der Waals surface area contributed by atoms with Crippen LogP contribution in [0.1, 0.15) is 0 Å². The number of ether oxygens (including phenoxy) is 1. The molecule has 2 nitrogen and oxygen atoms in total. The van der Waals surface area contributed by atoms with E-state index in [4.69, 9.17) is 4.74 Å². The number of nitrogens with one attached hydrogen (secondary N) is 1. The molecule has 0 spiro atoms. The number of dihydropyridines is 1. The SMILES string of the molecule is COC1NC=CC=C1F. The Kier molecular flexibility index (Phi) is 1.85. The van der Waals surface area contributed by atoms with Crippen molar-refractivity contribution in [1.29, 1.82) is 0 Å². The van der Waals surface area contributed by atoms with Gasteiger partial charge in [-0.15, -0.1) is 0 Å². The molecule has 1 atom stereocenters. The van der Waals surface area contributed by atoms with Crippen LogP contribution in [0.25, 0.3) is 0 Å². The zero-order chi connectivity index (χ0) is 6.69. The minimum Gasteiger partial charge on any atom is -0.361 e. The van der Waals surface area contributed by atoms with Crippen LogP contribution in [0.3, 0.4) is 0 Å². The molecule has 0 aromatic heterocycles. The van der Waals surface area contributed by atoms with Crippen molar-refractivity contribution in [3.8, 4) is 0 Å². The van der Waals surface area contributed by atoms with E-state index < -0.39 is 6.23 Å². The van der Waals surface area contributed by atoms with Crippen molar-refractivity contribution >= 4 is 0 Å². The zero-order valence-corrected chi connectivity index (χ0v) is 5.10. The summed E-state index contributed by atoms with van der Waals surface area (Å²) >= 11 is 0. The zero-order valence-electron chi connectivity index (χ0n) is 5.10. The summed E-state index contributed by atoms with van der Waals surface area (Å²) in [7, 11) is 1.45. The summed E-state index contributed by atoms with van der Waals surface area (Å²) in [5, 5.41) is 2.67. The Morgan fingerprint density at radius 2 is 2.56 bits per heavy atom. The van der Waals surface area contributed by atoms with E-state index in [1.54, 1.807) is 12.3 Å². The molecule has 0 saturated carbocycles. The van der Waals surface area contributed by atoms with Gasteiger partial charge in [0.1, 0.15) is 5.83 Å². The molecule has 1 N–H and O–H groups in total. The Balaban J connectivity index is 2.59. The van der Waals surface area contributed by atoms with Gasteiger partial charge in [-0.05, 0) is 18.4 Å². The molecule has 1 aliphatic rings. The molecule has 0 aromatic rings. The summed E-state index contributed by atoms with van der Waals surface area (Å²) in [6.07, 6.45) is 4.00. The smallest absolute Gasteiger partial charge is 0.179 e. The van der Waals surface area contributed by atoms with Crippen molar-refractivity contribution in [1.82, 2.24) is 5.32 Å². The Morgan fingerprint density at radius 3 is 3.00 bits per heavy atom. The second kappa shape index (κ2) is 2.64. The second-order valence-corrected chi connectivity index (χ2v) is 1.69. The summed E-state index contributed by atoms with van der Waals surface area (Å²) in [4.78, 5) is 0. The Bertz CT molecular complexity index is 153. The summed E-state index contributed by atoms with van der Waals surface area (Å²) < 4.78 is 17.2. The van der Waals surface area contributed by atoms with E-state index in [-0.39, 0.29) is 5.83 Å². The summed E-state index contributed by atoms with van der Waals surface area (Å²) in [5.74, 6) is -0.292. The first-order valence-corrected chi connectivity index (χ1v) is 2.65. The van der Waals surface area contributed by atoms with Crippen molar-refractivity contribution in [3.05, 3.63) is 24.2 Å². The van der Waals surface area contributed by atoms with E-state index in [1.165, 1.54) is 13.2 Å². The summed E-state index contributed by atoms with van der Waals surface area (Å²) in [5.41, 5.74) is 0. The van der Waals surface area contributed by atoms with E-state index in [9.17, 15) is 4.39 Å². The maximum atomic E-state index is 12.5. The standard InChI is InChI=1S/C6H8FNO/c1-9-6-5(7)3-2-4-8-6/h2-4,6,8H,1H3. The average Bonchev–Trinajstić information content (AvgIpc) is 1.89. The van der Waals surface area contributed by atoms with Gasteiger partial charge in [0, 0.05) is 7.11 Å². The van der Waals surface area contributed by atoms with Gasteiger partial charge in [0.25, 0.3) is 0 Å². The second-order valence-electron chi connectivity index (χ2n) is 1.69. The van der Waals surface area contributed by atoms with E-state index in [0.717, 1.165) is 0 Å². The topological polar surface area (TPSA) is 21.3 Å². The van der Waals surface area contributed by atoms with Gasteiger partial charge in [-0.25, -0.2) is 4.39 Å². The molecule has 50 valence electrons. The Morgan fingerprint density at radius 1 is 1.78 bits per heavy atom. The number of rotatable bonds is 1. The number of allylic oxidation sites excluding steroid dienone is 2. The Hall–Kier alpha value is -0.830. The molecule has 0 aliphatic carbocycles. The lowest BCUT2D eigenvalue weighted by Crippen LogP contribution is -2.28. The Labute approximate surface area is 53.0 Å². The monoisotopic (exact) mass is 129 g/mol. The van der Waals surface area contributed by atoms with Gasteiger partial charge in [0.15, 0.2) is 6.23 Å². The van der Waals surface area contributed by atoms with E-state index in [1.807, 2.05) is 0 Å². The van der Waals surface area contributed by atoms with Crippen LogP contribution in [-0.4, -0.2) is 13.3 Å². The lowest BCUT2D eigenvalue weighted by molar-refractivity contribution is 0.0945. The van der Waals surface area contributed by atoms with Gasteiger partial charge >= 0.3 is 0 Å². The van der Waals surface area contributed by atoms with Crippen LogP contribution in [0.2, 0.25) is 0 Å². The van der Waals surface area contributed by atoms with Gasteiger partial charge in [0.2, 0.25) is 0 Å². The number of halogens is 1. The lowest BCUT2D eigenvalue weighted by atomic mass is 10.3. The third-order valence-corrected chi connectivity index (χ3v) is 1.09. The molecule has 1 heterocycles. The molecule has 1 unspecified atom stereocenters. The first-order valence-electron chi connectivity index (χ1n) is 2.65. The van der Waals surface area contributed by atoms with Crippen molar-refractivity contribution < 1.29 is 9.13 Å². The van der Waals surface area contributed by atoms with Crippen molar-refractivity contribution in [2.24, 2.45) is 0 Å². The van der Waals surface area contributed by atoms with Crippen LogP contribution in [0.5, 0.6) is 0 Å². The predicted octanol–water partition coefficient (Wildman–Crippen LogP) is 0.929. The predicted molar refractivity (Wildman–Crippen MR) is 32.3 cm³/mol. The molecule has 0 radical (unpaired) electrons. The molecule has 1 rings (SSSR count). The quantitative estimate of drug-likeness (QED) is 0.568. The van der Waals surface area contributed by atoms with Gasteiger partial charge in [0.05, 0.1) is 0 Å². The molecule has 0 saturated heterocycles. The van der Waals surface area contributed by atoms with Gasteiger partial charge in [-0.3, -0.25) is 0 Å². The van der Waals surface area contributed by atoms with Crippen LogP contribution in [0.15, 0.2) is 24.2 Å². The number of hydrogen-bond acceptors (Lipinski definition) is 2. The van der Waals surface area contributed by atoms with Crippen molar-refractivity contribution in [2.75, 3.05) is 7.11 Å². The third kappa shape index (κ3) is 1.29. The normalized spacial score (nSPS) is 25.1. The largest absolute Gasteiger partial charge is 0.361 e. The highest BCUT2D eigenvalue weighted by molar-refractivity contribution is 5.14. The third-order valence-electron chi connectivity index (χ3n) is 1.09. The minimum atomic E-state index is -0.588. The molecule has 1 aliphatic heterocycles. The molecule has 0 amide bonds. The molecular formula is C6H8FNO. The van der Waals surface area contributed by atoms with Crippen molar-refractivity contribution in [3.63, 3.8) is 0 Å². The molecule has 0 fully saturated rings. The van der Waals surface area contributed by atoms with Crippen LogP contribution >= 0.6 is 0 Å². The maximum Gasteiger partial charge on any atom is 0.179 e. The maximum absolute atomic E-state index is 12.5. The van der Waals surface area contributed by atoms with E-state index in [2.05, 4.69) is 5.32 Å². The number of hydrogen-bond donors (Lipinski definition) is 1. The van der Waals surface area contributed by atoms with Gasteiger partial charge in [-0.1, -0.05) is 0 Å². The summed E-state index contributed by atoms with van der Waals surface area (Å²) in [6, 6.07) is 0. The highest BCUT2D eigenvalue weighted by atomic mass is 19.1. The first-order chi connectivity index (χ1) is 4.34. The molecular weight excluding hydrogens is 121 g/mol. The highest BCUT2D eigenvalue weighted by Crippen LogP contribution is 2.07. The molecule has 3 heteroatoms. The first kappa shape index (κ1) is 6.29. The highest BCUT2D eigenvalue weighted by Gasteiger charge is 2.11. The number of methoxy groups -OCH3 is 1. The minimum absolute atomic E-state index is 0.292. The van der Waals surface area contributed by atoms with Crippen LogP contribution in [0, 0.1) is 0 Å². The lowest BCUT2D eigenvalue weighted by Gasteiger charge is -2.15. The molecule has 0 aromatic carbocycles. The fourth-order valence-electron chi connectivity index (χ4n) is 0.631. The molecule has 0 bridgehead atoms. The van der Waals surface area contributed by atoms with Crippen LogP contribution < -0.4 is 5.32 Å². The fourth-order valence-corrected chi connectivity index (χ4v) is 0.631. The molecule has 9 heavy (non-hydrogen) atoms. The summed E-state index contributed by atoms with van der Waals surface area (Å²) in [6.45, 7) is 0. The van der Waals surface area contributed by atoms with E-state index in [0.29, 0.717) is 0 Å². The fraction of sp³-hybridized carbons (Fsp3) is 0.333. The average molecular weight is 129 g/mol. The van der Waals surface area contributed by atoms with Crippen molar-refractivity contribution in [2.45, 2.75) is 6.23 Å². The van der Waals surface area contributed by atoms with Crippen LogP contribution in [0.4, 0.5) is 4.39 Å². The van der Waals surface area contributed by atoms with Gasteiger partial charge in [-0.2, -0.15) is 0 Å². The van der Waals surface area contributed by atoms with E-state index >= 15 is 0 Å².